The third kappa shape index (κ3) is 5.65. The maximum absolute atomic E-state index is 13.5. The number of nitrogens with zero attached hydrogens (tertiary/aromatic N) is 1. The number of carboxylic acid groups (broad SMARTS) is 1. The van der Waals surface area contributed by atoms with Gasteiger partial charge in [-0.05, 0) is 60.8 Å². The second-order valence-corrected chi connectivity index (χ2v) is 7.99. The van der Waals surface area contributed by atoms with Crippen LogP contribution in [-0.4, -0.2) is 22.5 Å². The molecular weight excluding hydrogens is 481 g/mol. The van der Waals surface area contributed by atoms with Crippen molar-refractivity contribution in [2.75, 3.05) is 6.54 Å². The van der Waals surface area contributed by atoms with Gasteiger partial charge in [0.2, 0.25) is 0 Å². The predicted molar refractivity (Wildman–Crippen MR) is 101 cm³/mol. The third-order valence-electron chi connectivity index (χ3n) is 5.74. The largest absolute Gasteiger partial charge is 0.481 e. The molecule has 1 N–H and O–H groups in total. The second-order valence-electron chi connectivity index (χ2n) is 7.99. The molecular formula is C22H18F9NO2. The molecule has 0 aromatic heterocycles. The molecule has 1 aliphatic rings. The van der Waals surface area contributed by atoms with E-state index in [9.17, 15) is 49.4 Å². The first-order valence-electron chi connectivity index (χ1n) is 10.0. The summed E-state index contributed by atoms with van der Waals surface area (Å²) in [5.74, 6) is -2.49. The molecule has 1 saturated heterocycles. The third-order valence-corrected chi connectivity index (χ3v) is 5.74. The highest BCUT2D eigenvalue weighted by atomic mass is 19.4. The summed E-state index contributed by atoms with van der Waals surface area (Å²) in [5.41, 5.74) is -4.19. The highest BCUT2D eigenvalue weighted by Crippen LogP contribution is 2.41. The number of carboxylic acids is 1. The summed E-state index contributed by atoms with van der Waals surface area (Å²) in [4.78, 5) is 13.1. The first kappa shape index (κ1) is 25.9. The van der Waals surface area contributed by atoms with Crippen molar-refractivity contribution >= 4 is 5.97 Å². The van der Waals surface area contributed by atoms with Crippen LogP contribution in [0.4, 0.5) is 39.5 Å². The average Bonchev–Trinajstić information content (AvgIpc) is 2.71. The molecule has 2 aromatic rings. The van der Waals surface area contributed by atoms with Crippen molar-refractivity contribution in [1.29, 1.82) is 0 Å². The van der Waals surface area contributed by atoms with E-state index in [4.69, 9.17) is 0 Å². The Hall–Kier alpha value is -2.76. The van der Waals surface area contributed by atoms with Gasteiger partial charge < -0.3 is 5.11 Å². The van der Waals surface area contributed by atoms with Crippen LogP contribution in [0.15, 0.2) is 42.5 Å². The molecule has 3 rings (SSSR count). The lowest BCUT2D eigenvalue weighted by molar-refractivity contribution is -0.147. The Bertz CT molecular complexity index is 1030. The molecule has 186 valence electrons. The minimum atomic E-state index is -4.97. The van der Waals surface area contributed by atoms with E-state index in [1.54, 1.807) is 0 Å². The minimum absolute atomic E-state index is 0.0447. The van der Waals surface area contributed by atoms with E-state index in [1.165, 1.54) is 4.90 Å². The molecule has 0 radical (unpaired) electrons. The van der Waals surface area contributed by atoms with Crippen LogP contribution in [0.5, 0.6) is 0 Å². The molecule has 34 heavy (non-hydrogen) atoms. The average molecular weight is 499 g/mol. The summed E-state index contributed by atoms with van der Waals surface area (Å²) in [6.07, 6.45) is -14.2. The minimum Gasteiger partial charge on any atom is -0.481 e. The van der Waals surface area contributed by atoms with Gasteiger partial charge in [0, 0.05) is 12.6 Å². The van der Waals surface area contributed by atoms with Crippen LogP contribution in [-0.2, 0) is 29.9 Å². The van der Waals surface area contributed by atoms with Crippen LogP contribution >= 0.6 is 0 Å². The topological polar surface area (TPSA) is 40.5 Å². The lowest BCUT2D eigenvalue weighted by Crippen LogP contribution is -2.41. The van der Waals surface area contributed by atoms with Gasteiger partial charge in [-0.1, -0.05) is 12.1 Å². The molecule has 0 spiro atoms. The fourth-order valence-electron chi connectivity index (χ4n) is 4.21. The number of alkyl halides is 9. The Kier molecular flexibility index (Phi) is 6.94. The summed E-state index contributed by atoms with van der Waals surface area (Å²) in [6, 6.07) is 3.41. The predicted octanol–water partition coefficient (Wildman–Crippen LogP) is 6.78. The quantitative estimate of drug-likeness (QED) is 0.472. The number of piperidine rings is 1. The Labute approximate surface area is 187 Å². The van der Waals surface area contributed by atoms with Crippen molar-refractivity contribution in [1.82, 2.24) is 4.90 Å². The van der Waals surface area contributed by atoms with Crippen molar-refractivity contribution in [3.8, 4) is 0 Å². The van der Waals surface area contributed by atoms with Crippen molar-refractivity contribution < 1.29 is 49.4 Å². The first-order valence-corrected chi connectivity index (χ1v) is 10.0. The van der Waals surface area contributed by atoms with Crippen LogP contribution in [0, 0.1) is 5.92 Å². The number of rotatable bonds is 4. The zero-order valence-corrected chi connectivity index (χ0v) is 17.2. The normalized spacial score (nSPS) is 20.4. The highest BCUT2D eigenvalue weighted by Gasteiger charge is 2.41. The Morgan fingerprint density at radius 1 is 0.853 bits per heavy atom. The van der Waals surface area contributed by atoms with E-state index in [0.717, 1.165) is 24.3 Å². The maximum Gasteiger partial charge on any atom is 0.416 e. The number of likely N-dealkylation sites (tertiary alicyclic amines) is 1. The van der Waals surface area contributed by atoms with Gasteiger partial charge in [-0.3, -0.25) is 9.69 Å². The van der Waals surface area contributed by atoms with Crippen LogP contribution in [0.1, 0.15) is 46.7 Å². The zero-order valence-electron chi connectivity index (χ0n) is 17.2. The highest BCUT2D eigenvalue weighted by molar-refractivity contribution is 5.71. The number of halogens is 9. The van der Waals surface area contributed by atoms with Gasteiger partial charge in [0.1, 0.15) is 0 Å². The second kappa shape index (κ2) is 9.12. The molecule has 12 heteroatoms. The standard InChI is InChI=1S/C22H18F9NO2/c23-20(24,25)14-5-3-12(4-6-14)18-16(19(33)34)2-1-9-32(18)11-13-10-15(21(26,27)28)7-8-17(13)22(29,30)31/h3-8,10,16,18H,1-2,9,11H2,(H,33,34)/t16-,18-/m0/s1. The number of hydrogen-bond acceptors (Lipinski definition) is 2. The molecule has 1 fully saturated rings. The maximum atomic E-state index is 13.5. The molecule has 2 aromatic carbocycles. The summed E-state index contributed by atoms with van der Waals surface area (Å²) >= 11 is 0. The Morgan fingerprint density at radius 2 is 1.41 bits per heavy atom. The zero-order chi connectivity index (χ0) is 25.5. The lowest BCUT2D eigenvalue weighted by atomic mass is 9.84. The lowest BCUT2D eigenvalue weighted by Gasteiger charge is -2.40. The fourth-order valence-corrected chi connectivity index (χ4v) is 4.21. The van der Waals surface area contributed by atoms with Crippen LogP contribution in [0.3, 0.4) is 0 Å². The molecule has 0 amide bonds. The van der Waals surface area contributed by atoms with E-state index in [1.807, 2.05) is 0 Å². The van der Waals surface area contributed by atoms with Gasteiger partial charge in [0.05, 0.1) is 22.6 Å². The number of carbonyl (C=O) groups is 1. The number of hydrogen-bond donors (Lipinski definition) is 1. The van der Waals surface area contributed by atoms with Gasteiger partial charge in [0.25, 0.3) is 0 Å². The van der Waals surface area contributed by atoms with E-state index < -0.39 is 65.3 Å². The van der Waals surface area contributed by atoms with Gasteiger partial charge >= 0.3 is 24.5 Å². The Morgan fingerprint density at radius 3 is 1.91 bits per heavy atom. The van der Waals surface area contributed by atoms with Crippen LogP contribution < -0.4 is 0 Å². The van der Waals surface area contributed by atoms with E-state index in [0.29, 0.717) is 18.2 Å². The van der Waals surface area contributed by atoms with Crippen LogP contribution in [0.25, 0.3) is 0 Å². The van der Waals surface area contributed by atoms with E-state index in [2.05, 4.69) is 0 Å². The molecule has 0 saturated carbocycles. The van der Waals surface area contributed by atoms with Gasteiger partial charge in [-0.15, -0.1) is 0 Å². The molecule has 3 nitrogen and oxygen atoms in total. The van der Waals surface area contributed by atoms with Crippen molar-refractivity contribution in [3.63, 3.8) is 0 Å². The van der Waals surface area contributed by atoms with Crippen molar-refractivity contribution in [2.24, 2.45) is 5.92 Å². The summed E-state index contributed by atoms with van der Waals surface area (Å²) in [6.45, 7) is -0.628. The van der Waals surface area contributed by atoms with Gasteiger partial charge in [0.15, 0.2) is 0 Å². The SMILES string of the molecule is O=C(O)[C@H]1CCCN(Cc2cc(C(F)(F)F)ccc2C(F)(F)F)[C@H]1c1ccc(C(F)(F)F)cc1. The smallest absolute Gasteiger partial charge is 0.416 e. The van der Waals surface area contributed by atoms with Crippen molar-refractivity contribution in [3.05, 3.63) is 70.3 Å². The van der Waals surface area contributed by atoms with Gasteiger partial charge in [-0.2, -0.15) is 39.5 Å². The van der Waals surface area contributed by atoms with Crippen molar-refractivity contribution in [2.45, 2.75) is 44.0 Å². The van der Waals surface area contributed by atoms with Gasteiger partial charge in [-0.25, -0.2) is 0 Å². The number of aliphatic carboxylic acids is 1. The summed E-state index contributed by atoms with van der Waals surface area (Å²) < 4.78 is 119. The summed E-state index contributed by atoms with van der Waals surface area (Å²) in [5, 5.41) is 9.64. The molecule has 2 atom stereocenters. The first-order chi connectivity index (χ1) is 15.6. The van der Waals surface area contributed by atoms with E-state index >= 15 is 0 Å². The molecule has 0 unspecified atom stereocenters. The molecule has 0 bridgehead atoms. The fraction of sp³-hybridized carbons (Fsp3) is 0.409. The number of benzene rings is 2. The van der Waals surface area contributed by atoms with Crippen LogP contribution in [0.2, 0.25) is 0 Å². The molecule has 1 heterocycles. The Balaban J connectivity index is 2.06. The summed E-state index contributed by atoms with van der Waals surface area (Å²) in [7, 11) is 0. The molecule has 1 aliphatic heterocycles. The molecule has 0 aliphatic carbocycles. The monoisotopic (exact) mass is 499 g/mol. The van der Waals surface area contributed by atoms with E-state index in [-0.39, 0.29) is 24.9 Å².